The molecule has 2 heterocycles. The third kappa shape index (κ3) is 4.47. The molecule has 7 nitrogen and oxygen atoms in total. The summed E-state index contributed by atoms with van der Waals surface area (Å²) in [6.07, 6.45) is 5.24. The van der Waals surface area contributed by atoms with Crippen molar-refractivity contribution >= 4 is 10.0 Å². The van der Waals surface area contributed by atoms with E-state index in [0.717, 1.165) is 11.3 Å². The van der Waals surface area contributed by atoms with Gasteiger partial charge in [-0.15, -0.1) is 0 Å². The first-order valence-corrected chi connectivity index (χ1v) is 9.73. The van der Waals surface area contributed by atoms with Gasteiger partial charge in [0.2, 0.25) is 10.0 Å². The van der Waals surface area contributed by atoms with Gasteiger partial charge in [-0.25, -0.2) is 13.1 Å². The predicted octanol–water partition coefficient (Wildman–Crippen LogP) is 2.32. The molecule has 0 unspecified atom stereocenters. The van der Waals surface area contributed by atoms with Crippen LogP contribution >= 0.6 is 0 Å². The molecule has 0 aliphatic heterocycles. The van der Waals surface area contributed by atoms with Crippen LogP contribution in [0.5, 0.6) is 5.75 Å². The molecule has 0 aliphatic carbocycles. The van der Waals surface area contributed by atoms with Crippen molar-refractivity contribution in [3.8, 4) is 17.0 Å². The van der Waals surface area contributed by atoms with Crippen LogP contribution in [-0.4, -0.2) is 36.3 Å². The van der Waals surface area contributed by atoms with Crippen molar-refractivity contribution in [3.63, 3.8) is 0 Å². The smallest absolute Gasteiger partial charge is 0.240 e. The van der Waals surface area contributed by atoms with Crippen molar-refractivity contribution in [3.05, 3.63) is 61.1 Å². The Bertz CT molecular complexity index is 938. The second kappa shape index (κ2) is 8.11. The fourth-order valence-corrected chi connectivity index (χ4v) is 3.44. The van der Waals surface area contributed by atoms with Gasteiger partial charge in [0.15, 0.2) is 0 Å². The topological polar surface area (TPSA) is 86.1 Å². The van der Waals surface area contributed by atoms with Crippen molar-refractivity contribution in [2.75, 3.05) is 13.2 Å². The fourth-order valence-electron chi connectivity index (χ4n) is 2.42. The van der Waals surface area contributed by atoms with Gasteiger partial charge in [0.25, 0.3) is 0 Å². The number of hydrogen-bond acceptors (Lipinski definition) is 5. The third-order valence-corrected chi connectivity index (χ3v) is 5.17. The van der Waals surface area contributed by atoms with E-state index in [0.29, 0.717) is 18.9 Å². The minimum Gasteiger partial charge on any atom is -0.494 e. The van der Waals surface area contributed by atoms with E-state index >= 15 is 0 Å². The number of ether oxygens (including phenoxy) is 1. The molecule has 0 saturated heterocycles. The van der Waals surface area contributed by atoms with Gasteiger partial charge >= 0.3 is 0 Å². The van der Waals surface area contributed by atoms with Crippen LogP contribution in [0, 0.1) is 0 Å². The van der Waals surface area contributed by atoms with Crippen LogP contribution in [0.3, 0.4) is 0 Å². The minimum atomic E-state index is -3.56. The first kappa shape index (κ1) is 18.1. The second-order valence-corrected chi connectivity index (χ2v) is 7.27. The number of sulfonamides is 1. The molecule has 3 aromatic rings. The Morgan fingerprint density at radius 1 is 1.08 bits per heavy atom. The maximum atomic E-state index is 12.3. The molecule has 3 rings (SSSR count). The molecule has 0 fully saturated rings. The van der Waals surface area contributed by atoms with Crippen molar-refractivity contribution in [1.29, 1.82) is 0 Å². The lowest BCUT2D eigenvalue weighted by atomic mass is 10.2. The summed E-state index contributed by atoms with van der Waals surface area (Å²) >= 11 is 0. The molecule has 0 amide bonds. The van der Waals surface area contributed by atoms with Crippen molar-refractivity contribution < 1.29 is 13.2 Å². The van der Waals surface area contributed by atoms with Gasteiger partial charge in [0, 0.05) is 30.7 Å². The Morgan fingerprint density at radius 2 is 1.81 bits per heavy atom. The molecule has 0 radical (unpaired) electrons. The SMILES string of the molecule is CCOc1ccc(S(=O)(=O)NCCn2ccc(-c3ccncc3)n2)cc1. The highest BCUT2D eigenvalue weighted by molar-refractivity contribution is 7.89. The number of rotatable bonds is 8. The lowest BCUT2D eigenvalue weighted by Gasteiger charge is -2.08. The molecule has 1 N–H and O–H groups in total. The summed E-state index contributed by atoms with van der Waals surface area (Å²) < 4.78 is 34.3. The summed E-state index contributed by atoms with van der Waals surface area (Å²) in [6, 6.07) is 12.0. The highest BCUT2D eigenvalue weighted by atomic mass is 32.2. The summed E-state index contributed by atoms with van der Waals surface area (Å²) in [5, 5.41) is 4.44. The van der Waals surface area contributed by atoms with E-state index in [1.165, 1.54) is 12.1 Å². The largest absolute Gasteiger partial charge is 0.494 e. The number of hydrogen-bond donors (Lipinski definition) is 1. The van der Waals surface area contributed by atoms with Crippen LogP contribution in [-0.2, 0) is 16.6 Å². The average Bonchev–Trinajstić information content (AvgIpc) is 3.12. The summed E-state index contributed by atoms with van der Waals surface area (Å²) in [4.78, 5) is 4.19. The Kier molecular flexibility index (Phi) is 5.65. The van der Waals surface area contributed by atoms with Crippen molar-refractivity contribution in [1.82, 2.24) is 19.5 Å². The first-order chi connectivity index (χ1) is 12.6. The van der Waals surface area contributed by atoms with Crippen molar-refractivity contribution in [2.45, 2.75) is 18.4 Å². The zero-order valence-corrected chi connectivity index (χ0v) is 15.2. The van der Waals surface area contributed by atoms with Crippen LogP contribution in [0.4, 0.5) is 0 Å². The van der Waals surface area contributed by atoms with Crippen LogP contribution in [0.2, 0.25) is 0 Å². The van der Waals surface area contributed by atoms with Gasteiger partial charge in [-0.05, 0) is 49.4 Å². The monoisotopic (exact) mass is 372 g/mol. The number of nitrogens with zero attached hydrogens (tertiary/aromatic N) is 3. The second-order valence-electron chi connectivity index (χ2n) is 5.50. The van der Waals surface area contributed by atoms with Crippen LogP contribution in [0.15, 0.2) is 66.0 Å². The molecule has 8 heteroatoms. The number of benzene rings is 1. The van der Waals surface area contributed by atoms with E-state index in [1.807, 2.05) is 31.3 Å². The highest BCUT2D eigenvalue weighted by Crippen LogP contribution is 2.16. The third-order valence-electron chi connectivity index (χ3n) is 3.69. The summed E-state index contributed by atoms with van der Waals surface area (Å²) in [6.45, 7) is 3.09. The number of nitrogens with one attached hydrogen (secondary N) is 1. The predicted molar refractivity (Wildman–Crippen MR) is 98.3 cm³/mol. The normalized spacial score (nSPS) is 11.4. The van der Waals surface area contributed by atoms with E-state index in [4.69, 9.17) is 4.74 Å². The van der Waals surface area contributed by atoms with Crippen LogP contribution in [0.25, 0.3) is 11.3 Å². The lowest BCUT2D eigenvalue weighted by Crippen LogP contribution is -2.27. The Balaban J connectivity index is 1.58. The van der Waals surface area contributed by atoms with Gasteiger partial charge in [-0.3, -0.25) is 9.67 Å². The van der Waals surface area contributed by atoms with Crippen molar-refractivity contribution in [2.24, 2.45) is 0 Å². The standard InChI is InChI=1S/C18H20N4O3S/c1-2-25-16-3-5-17(6-4-16)26(23,24)20-12-14-22-13-9-18(21-22)15-7-10-19-11-8-15/h3-11,13,20H,2,12,14H2,1H3. The summed E-state index contributed by atoms with van der Waals surface area (Å²) in [5.41, 5.74) is 1.79. The molecular formula is C18H20N4O3S. The lowest BCUT2D eigenvalue weighted by molar-refractivity contribution is 0.340. The van der Waals surface area contributed by atoms with E-state index in [2.05, 4.69) is 14.8 Å². The zero-order valence-electron chi connectivity index (χ0n) is 14.4. The minimum absolute atomic E-state index is 0.207. The number of aromatic nitrogens is 3. The number of pyridine rings is 1. The molecule has 136 valence electrons. The van der Waals surface area contributed by atoms with E-state index < -0.39 is 10.0 Å². The quantitative estimate of drug-likeness (QED) is 0.656. The first-order valence-electron chi connectivity index (χ1n) is 8.25. The van der Waals surface area contributed by atoms with Gasteiger partial charge in [0.05, 0.1) is 23.7 Å². The Labute approximate surface area is 152 Å². The van der Waals surface area contributed by atoms with Gasteiger partial charge in [-0.2, -0.15) is 5.10 Å². The van der Waals surface area contributed by atoms with Gasteiger partial charge in [-0.1, -0.05) is 0 Å². The molecule has 0 bridgehead atoms. The Morgan fingerprint density at radius 3 is 2.50 bits per heavy atom. The van der Waals surface area contributed by atoms with Crippen LogP contribution in [0.1, 0.15) is 6.92 Å². The molecular weight excluding hydrogens is 352 g/mol. The summed E-state index contributed by atoms with van der Waals surface area (Å²) in [7, 11) is -3.56. The molecule has 1 aromatic carbocycles. The average molecular weight is 372 g/mol. The van der Waals surface area contributed by atoms with E-state index in [-0.39, 0.29) is 11.4 Å². The maximum Gasteiger partial charge on any atom is 0.240 e. The van der Waals surface area contributed by atoms with E-state index in [1.54, 1.807) is 29.2 Å². The highest BCUT2D eigenvalue weighted by Gasteiger charge is 2.13. The van der Waals surface area contributed by atoms with Gasteiger partial charge in [0.1, 0.15) is 5.75 Å². The zero-order chi connectivity index (χ0) is 18.4. The fraction of sp³-hybridized carbons (Fsp3) is 0.222. The molecule has 0 aliphatic rings. The molecule has 0 saturated carbocycles. The molecule has 26 heavy (non-hydrogen) atoms. The molecule has 2 aromatic heterocycles. The molecule has 0 atom stereocenters. The van der Waals surface area contributed by atoms with E-state index in [9.17, 15) is 8.42 Å². The summed E-state index contributed by atoms with van der Waals surface area (Å²) in [5.74, 6) is 0.645. The van der Waals surface area contributed by atoms with Gasteiger partial charge < -0.3 is 4.74 Å². The van der Waals surface area contributed by atoms with Crippen LogP contribution < -0.4 is 9.46 Å². The maximum absolute atomic E-state index is 12.3. The molecule has 0 spiro atoms. The Hall–Kier alpha value is -2.71.